The van der Waals surface area contributed by atoms with Crippen LogP contribution in [0.15, 0.2) is 0 Å². The molecule has 25 heavy (non-hydrogen) atoms. The molecule has 1 unspecified atom stereocenters. The lowest BCUT2D eigenvalue weighted by molar-refractivity contribution is 0.0532. The maximum Gasteiger partial charge on any atom is 0.342 e. The van der Waals surface area contributed by atoms with Crippen LogP contribution in [-0.2, 0) is 27.0 Å². The Kier molecular flexibility index (Phi) is 9.06. The molecular weight excluding hydrogens is 478 g/mol. The molecule has 1 atom stereocenters. The van der Waals surface area contributed by atoms with E-state index in [1.54, 1.807) is 23.2 Å². The number of methoxy groups -OCH3 is 1. The van der Waals surface area contributed by atoms with Gasteiger partial charge in [-0.25, -0.2) is 4.79 Å². The van der Waals surface area contributed by atoms with E-state index >= 15 is 0 Å². The molecule has 0 aromatic heterocycles. The van der Waals surface area contributed by atoms with Gasteiger partial charge in [0, 0.05) is 39.2 Å². The van der Waals surface area contributed by atoms with Gasteiger partial charge in [-0.3, -0.25) is 0 Å². The molecule has 1 aromatic rings. The Morgan fingerprint density at radius 2 is 2.08 bits per heavy atom. The van der Waals surface area contributed by atoms with E-state index < -0.39 is 0 Å². The summed E-state index contributed by atoms with van der Waals surface area (Å²) < 4.78 is 27.5. The number of cyclic esters (lactones) is 1. The van der Waals surface area contributed by atoms with Gasteiger partial charge in [0.1, 0.15) is 23.7 Å². The lowest BCUT2D eigenvalue weighted by atomic mass is 9.95. The van der Waals surface area contributed by atoms with Crippen molar-refractivity contribution in [2.75, 3.05) is 39.5 Å². The van der Waals surface area contributed by atoms with E-state index in [4.69, 9.17) is 23.5 Å². The number of carbonyl (C=O) groups excluding carboxylic acids is 1. The van der Waals surface area contributed by atoms with Crippen LogP contribution in [0.1, 0.15) is 27.0 Å². The van der Waals surface area contributed by atoms with Crippen molar-refractivity contribution in [3.63, 3.8) is 0 Å². The predicted molar refractivity (Wildman–Crippen MR) is 109 cm³/mol. The minimum absolute atomic E-state index is 0.263. The lowest BCUT2D eigenvalue weighted by Gasteiger charge is -2.20. The van der Waals surface area contributed by atoms with Gasteiger partial charge in [-0.2, -0.15) is 0 Å². The van der Waals surface area contributed by atoms with Crippen molar-refractivity contribution >= 4 is 44.9 Å². The van der Waals surface area contributed by atoms with Crippen LogP contribution in [0.4, 0.5) is 0 Å². The van der Waals surface area contributed by atoms with Gasteiger partial charge >= 0.3 is 5.97 Å². The van der Waals surface area contributed by atoms with Crippen LogP contribution >= 0.6 is 38.9 Å². The minimum atomic E-state index is -0.332. The normalized spacial score (nSPS) is 13.4. The Labute approximate surface area is 166 Å². The Bertz CT molecular complexity index is 613. The zero-order chi connectivity index (χ0) is 18.2. The quantitative estimate of drug-likeness (QED) is 0.198. The fourth-order valence-electron chi connectivity index (χ4n) is 2.73. The van der Waals surface area contributed by atoms with Gasteiger partial charge in [0.2, 0.25) is 0 Å². The highest BCUT2D eigenvalue weighted by atomic mass is 127. The summed E-state index contributed by atoms with van der Waals surface area (Å²) in [5.41, 5.74) is 3.17. The van der Waals surface area contributed by atoms with Crippen LogP contribution in [0.3, 0.4) is 0 Å². The standard InChI is InChI=1S/C16H22IO6PS/c1-10-12-8-23-16(18)13(12)15(22-6-7-25-17)11(14(10)19-2)4-5-21-9-24-20-3/h24H,4-9H2,1-3H3. The number of halogens is 1. The molecule has 1 heterocycles. The molecule has 0 bridgehead atoms. The zero-order valence-corrected chi connectivity index (χ0v) is 18.5. The molecule has 0 radical (unpaired) electrons. The number of benzene rings is 1. The minimum Gasteiger partial charge on any atom is -0.496 e. The first-order valence-corrected chi connectivity index (χ1v) is 12.4. The predicted octanol–water partition coefficient (Wildman–Crippen LogP) is 3.89. The van der Waals surface area contributed by atoms with E-state index in [1.165, 1.54) is 0 Å². The molecule has 9 heteroatoms. The molecular formula is C16H22IO6PS. The molecule has 1 aliphatic rings. The highest BCUT2D eigenvalue weighted by molar-refractivity contribution is 14.2. The smallest absolute Gasteiger partial charge is 0.342 e. The lowest BCUT2D eigenvalue weighted by Crippen LogP contribution is -2.12. The fraction of sp³-hybridized carbons (Fsp3) is 0.562. The number of rotatable bonds is 11. The number of fused-ring (bicyclic) bond motifs is 1. The summed E-state index contributed by atoms with van der Waals surface area (Å²) in [7, 11) is 5.26. The maximum absolute atomic E-state index is 12.2. The molecule has 2 rings (SSSR count). The highest BCUT2D eigenvalue weighted by Gasteiger charge is 2.33. The molecule has 0 aliphatic carbocycles. The van der Waals surface area contributed by atoms with Gasteiger partial charge in [0.05, 0.1) is 26.7 Å². The van der Waals surface area contributed by atoms with Gasteiger partial charge in [-0.15, -0.1) is 0 Å². The van der Waals surface area contributed by atoms with Gasteiger partial charge in [0.25, 0.3) is 0 Å². The Morgan fingerprint density at radius 1 is 1.28 bits per heavy atom. The Hall–Kier alpha value is -0.280. The average Bonchev–Trinajstić information content (AvgIpc) is 2.99. The summed E-state index contributed by atoms with van der Waals surface area (Å²) >= 11 is 2.22. The first-order chi connectivity index (χ1) is 12.2. The molecule has 0 fully saturated rings. The maximum atomic E-state index is 12.2. The summed E-state index contributed by atoms with van der Waals surface area (Å²) in [6, 6.07) is 0. The zero-order valence-electron chi connectivity index (χ0n) is 14.5. The molecule has 6 nitrogen and oxygen atoms in total. The van der Waals surface area contributed by atoms with Crippen LogP contribution in [0.5, 0.6) is 11.5 Å². The van der Waals surface area contributed by atoms with Crippen LogP contribution < -0.4 is 9.47 Å². The van der Waals surface area contributed by atoms with Crippen molar-refractivity contribution in [3.05, 3.63) is 22.3 Å². The molecule has 0 spiro atoms. The molecule has 140 valence electrons. The van der Waals surface area contributed by atoms with E-state index in [1.807, 2.05) is 6.92 Å². The second-order valence-electron chi connectivity index (χ2n) is 5.21. The molecule has 0 amide bonds. The van der Waals surface area contributed by atoms with E-state index in [2.05, 4.69) is 21.2 Å². The molecule has 1 aromatic carbocycles. The van der Waals surface area contributed by atoms with Crippen molar-refractivity contribution in [1.29, 1.82) is 0 Å². The van der Waals surface area contributed by atoms with Crippen molar-refractivity contribution in [2.24, 2.45) is 0 Å². The third kappa shape index (κ3) is 5.13. The number of hydrogen-bond donors (Lipinski definition) is 0. The average molecular weight is 500 g/mol. The Balaban J connectivity index is 2.33. The summed E-state index contributed by atoms with van der Waals surface area (Å²) in [4.78, 5) is 12.2. The van der Waals surface area contributed by atoms with Crippen molar-refractivity contribution < 1.29 is 28.3 Å². The second-order valence-corrected chi connectivity index (χ2v) is 8.69. The summed E-state index contributed by atoms with van der Waals surface area (Å²) in [5.74, 6) is 1.81. The summed E-state index contributed by atoms with van der Waals surface area (Å²) in [6.45, 7) is 3.22. The van der Waals surface area contributed by atoms with Crippen LogP contribution in [0, 0.1) is 6.92 Å². The first-order valence-electron chi connectivity index (χ1n) is 7.75. The third-order valence-corrected chi connectivity index (χ3v) is 6.09. The van der Waals surface area contributed by atoms with Crippen LogP contribution in [0.25, 0.3) is 0 Å². The molecule has 0 saturated heterocycles. The SMILES string of the molecule is COPCOCCc1c(OC)c(C)c2c(c1OCCSI)C(=O)OC2. The third-order valence-electron chi connectivity index (χ3n) is 3.83. The van der Waals surface area contributed by atoms with E-state index in [0.717, 1.165) is 28.2 Å². The Morgan fingerprint density at radius 3 is 2.76 bits per heavy atom. The van der Waals surface area contributed by atoms with E-state index in [-0.39, 0.29) is 12.6 Å². The number of ether oxygens (including phenoxy) is 4. The van der Waals surface area contributed by atoms with E-state index in [0.29, 0.717) is 46.1 Å². The molecule has 1 aliphatic heterocycles. The van der Waals surface area contributed by atoms with Gasteiger partial charge in [-0.1, -0.05) is 8.93 Å². The number of esters is 1. The van der Waals surface area contributed by atoms with Gasteiger partial charge in [0.15, 0.2) is 0 Å². The largest absolute Gasteiger partial charge is 0.496 e. The van der Waals surface area contributed by atoms with Gasteiger partial charge in [-0.05, 0) is 33.7 Å². The summed E-state index contributed by atoms with van der Waals surface area (Å²) in [6.07, 6.45) is 1.14. The highest BCUT2D eigenvalue weighted by Crippen LogP contribution is 2.42. The topological polar surface area (TPSA) is 63.2 Å². The second kappa shape index (κ2) is 10.8. The number of carbonyl (C=O) groups is 1. The molecule has 0 N–H and O–H groups in total. The first kappa shape index (κ1) is 21.0. The van der Waals surface area contributed by atoms with Gasteiger partial charge < -0.3 is 23.5 Å². The summed E-state index contributed by atoms with van der Waals surface area (Å²) in [5, 5.41) is 0. The van der Waals surface area contributed by atoms with Crippen LogP contribution in [-0.4, -0.2) is 45.5 Å². The fourth-order valence-corrected chi connectivity index (χ4v) is 3.76. The van der Waals surface area contributed by atoms with Crippen LogP contribution in [0.2, 0.25) is 0 Å². The number of hydrogen-bond acceptors (Lipinski definition) is 7. The van der Waals surface area contributed by atoms with Crippen molar-refractivity contribution in [1.82, 2.24) is 0 Å². The van der Waals surface area contributed by atoms with Crippen molar-refractivity contribution in [2.45, 2.75) is 20.0 Å². The van der Waals surface area contributed by atoms with Crippen molar-refractivity contribution in [3.8, 4) is 11.5 Å². The van der Waals surface area contributed by atoms with E-state index in [9.17, 15) is 4.79 Å². The molecule has 0 saturated carbocycles. The monoisotopic (exact) mass is 500 g/mol.